The lowest BCUT2D eigenvalue weighted by molar-refractivity contribution is -0.00555. The van der Waals surface area contributed by atoms with Crippen LogP contribution in [0, 0.1) is 23.6 Å². The summed E-state index contributed by atoms with van der Waals surface area (Å²) in [6.07, 6.45) is 7.49. The number of carbonyl (C=O) groups is 1. The van der Waals surface area contributed by atoms with Crippen LogP contribution in [0.25, 0.3) is 0 Å². The predicted octanol–water partition coefficient (Wildman–Crippen LogP) is 3.65. The van der Waals surface area contributed by atoms with Crippen molar-refractivity contribution in [2.24, 2.45) is 17.8 Å². The van der Waals surface area contributed by atoms with Crippen LogP contribution in [0.4, 0.5) is 9.52 Å². The Hall–Kier alpha value is -1.91. The zero-order valence-corrected chi connectivity index (χ0v) is 19.1. The van der Waals surface area contributed by atoms with Crippen LogP contribution < -0.4 is 5.32 Å². The molecule has 1 aromatic carbocycles. The number of aromatic nitrogens is 2. The second-order valence-electron chi connectivity index (χ2n) is 9.50. The first-order chi connectivity index (χ1) is 14.7. The Balaban J connectivity index is 1.36. The van der Waals surface area contributed by atoms with E-state index in [-0.39, 0.29) is 11.0 Å². The molecular weight excluding hydrogens is 439 g/mol. The number of sulfonamides is 1. The van der Waals surface area contributed by atoms with Gasteiger partial charge in [-0.05, 0) is 74.5 Å². The topological polar surface area (TPSA) is 92.3 Å². The summed E-state index contributed by atoms with van der Waals surface area (Å²) < 4.78 is 39.7. The van der Waals surface area contributed by atoms with Crippen LogP contribution in [-0.2, 0) is 15.4 Å². The van der Waals surface area contributed by atoms with E-state index in [0.717, 1.165) is 58.5 Å². The Bertz CT molecular complexity index is 1110. The third-order valence-electron chi connectivity index (χ3n) is 7.09. The Labute approximate surface area is 185 Å². The van der Waals surface area contributed by atoms with Gasteiger partial charge in [0, 0.05) is 25.1 Å². The number of amides is 1. The van der Waals surface area contributed by atoms with E-state index < -0.39 is 26.6 Å². The van der Waals surface area contributed by atoms with E-state index in [0.29, 0.717) is 5.13 Å². The molecule has 6 rings (SSSR count). The molecule has 1 heterocycles. The van der Waals surface area contributed by atoms with Gasteiger partial charge in [0.2, 0.25) is 15.2 Å². The number of benzene rings is 1. The molecule has 4 saturated carbocycles. The fourth-order valence-corrected chi connectivity index (χ4v) is 8.01. The lowest BCUT2D eigenvalue weighted by Crippen LogP contribution is -2.48. The molecule has 1 amide bonds. The highest BCUT2D eigenvalue weighted by Crippen LogP contribution is 2.61. The summed E-state index contributed by atoms with van der Waals surface area (Å²) in [5, 5.41) is 12.7. The van der Waals surface area contributed by atoms with Crippen molar-refractivity contribution < 1.29 is 17.6 Å². The SMILES string of the molecule is CN(C)S(=O)(=O)c1cc(C(=O)Nc2nnc(C34CC5CC(CC(C5)C3)C4)s2)ccc1F. The molecule has 1 aromatic heterocycles. The number of nitrogens with one attached hydrogen (secondary N) is 1. The largest absolute Gasteiger partial charge is 0.296 e. The van der Waals surface area contributed by atoms with Crippen molar-refractivity contribution in [3.63, 3.8) is 0 Å². The van der Waals surface area contributed by atoms with E-state index in [9.17, 15) is 17.6 Å². The van der Waals surface area contributed by atoms with E-state index in [4.69, 9.17) is 0 Å². The van der Waals surface area contributed by atoms with Crippen molar-refractivity contribution in [1.29, 1.82) is 0 Å². The minimum absolute atomic E-state index is 0.0494. The molecule has 4 fully saturated rings. The zero-order valence-electron chi connectivity index (χ0n) is 17.5. The summed E-state index contributed by atoms with van der Waals surface area (Å²) >= 11 is 1.41. The summed E-state index contributed by atoms with van der Waals surface area (Å²) in [6, 6.07) is 3.31. The molecule has 0 spiro atoms. The highest BCUT2D eigenvalue weighted by molar-refractivity contribution is 7.89. The van der Waals surface area contributed by atoms with Gasteiger partial charge in [0.05, 0.1) is 0 Å². The molecule has 4 aliphatic carbocycles. The third kappa shape index (κ3) is 3.58. The molecule has 0 unspecified atom stereocenters. The van der Waals surface area contributed by atoms with Crippen LogP contribution in [-0.4, -0.2) is 42.9 Å². The maximum Gasteiger partial charge on any atom is 0.257 e. The minimum atomic E-state index is -4.01. The van der Waals surface area contributed by atoms with Gasteiger partial charge in [0.15, 0.2) is 0 Å². The van der Waals surface area contributed by atoms with Crippen LogP contribution in [0.15, 0.2) is 23.1 Å². The van der Waals surface area contributed by atoms with E-state index in [2.05, 4.69) is 15.5 Å². The van der Waals surface area contributed by atoms with Crippen LogP contribution >= 0.6 is 11.3 Å². The van der Waals surface area contributed by atoms with Crippen molar-refractivity contribution in [3.8, 4) is 0 Å². The Morgan fingerprint density at radius 2 is 1.74 bits per heavy atom. The van der Waals surface area contributed by atoms with Crippen molar-refractivity contribution in [1.82, 2.24) is 14.5 Å². The molecule has 0 radical (unpaired) electrons. The molecular formula is C21H25FN4O3S2. The number of nitrogens with zero attached hydrogens (tertiary/aromatic N) is 3. The van der Waals surface area contributed by atoms with Crippen molar-refractivity contribution >= 4 is 32.4 Å². The number of carbonyl (C=O) groups excluding carboxylic acids is 1. The first kappa shape index (κ1) is 21.0. The maximum absolute atomic E-state index is 14.1. The molecule has 2 aromatic rings. The molecule has 1 N–H and O–H groups in total. The van der Waals surface area contributed by atoms with Gasteiger partial charge in [-0.2, -0.15) is 0 Å². The summed E-state index contributed by atoms with van der Waals surface area (Å²) in [6.45, 7) is 0. The Morgan fingerprint density at radius 3 is 2.32 bits per heavy atom. The van der Waals surface area contributed by atoms with Gasteiger partial charge in [0.1, 0.15) is 15.7 Å². The number of rotatable bonds is 5. The molecule has 4 bridgehead atoms. The average Bonchev–Trinajstić information content (AvgIpc) is 3.16. The van der Waals surface area contributed by atoms with Gasteiger partial charge in [-0.3, -0.25) is 10.1 Å². The summed E-state index contributed by atoms with van der Waals surface area (Å²) in [7, 11) is -1.38. The van der Waals surface area contributed by atoms with Gasteiger partial charge in [0.25, 0.3) is 5.91 Å². The lowest BCUT2D eigenvalue weighted by atomic mass is 9.50. The average molecular weight is 465 g/mol. The van der Waals surface area contributed by atoms with Crippen LogP contribution in [0.1, 0.15) is 53.9 Å². The van der Waals surface area contributed by atoms with Crippen LogP contribution in [0.2, 0.25) is 0 Å². The number of hydrogen-bond donors (Lipinski definition) is 1. The molecule has 0 atom stereocenters. The highest BCUT2D eigenvalue weighted by atomic mass is 32.2. The standard InChI is InChI=1S/C21H25FN4O3S2/c1-26(2)31(28,29)17-8-15(3-4-16(17)22)18(27)23-20-25-24-19(30-20)21-9-12-5-13(10-21)7-14(6-12)11-21/h3-4,8,12-14H,5-7,9-11H2,1-2H3,(H,23,25,27). The molecule has 4 aliphatic rings. The highest BCUT2D eigenvalue weighted by Gasteiger charge is 2.53. The van der Waals surface area contributed by atoms with Crippen molar-refractivity contribution in [3.05, 3.63) is 34.6 Å². The number of anilines is 1. The van der Waals surface area contributed by atoms with Crippen LogP contribution in [0.5, 0.6) is 0 Å². The minimum Gasteiger partial charge on any atom is -0.296 e. The van der Waals surface area contributed by atoms with Gasteiger partial charge in [-0.25, -0.2) is 17.1 Å². The quantitative estimate of drug-likeness (QED) is 0.729. The molecule has 10 heteroatoms. The Kier molecular flexibility index (Phi) is 4.95. The normalized spacial score (nSPS) is 29.5. The molecule has 166 valence electrons. The monoisotopic (exact) mass is 464 g/mol. The summed E-state index contributed by atoms with van der Waals surface area (Å²) in [5.41, 5.74) is 0.145. The molecule has 7 nitrogen and oxygen atoms in total. The first-order valence-corrected chi connectivity index (χ1v) is 12.8. The molecule has 0 saturated heterocycles. The van der Waals surface area contributed by atoms with E-state index in [1.165, 1.54) is 50.8 Å². The lowest BCUT2D eigenvalue weighted by Gasteiger charge is -2.55. The van der Waals surface area contributed by atoms with Gasteiger partial charge >= 0.3 is 0 Å². The smallest absolute Gasteiger partial charge is 0.257 e. The summed E-state index contributed by atoms with van der Waals surface area (Å²) in [4.78, 5) is 12.2. The van der Waals surface area contributed by atoms with E-state index in [1.54, 1.807) is 0 Å². The van der Waals surface area contributed by atoms with Gasteiger partial charge in [-0.15, -0.1) is 10.2 Å². The second kappa shape index (κ2) is 7.31. The second-order valence-corrected chi connectivity index (χ2v) is 12.6. The fourth-order valence-electron chi connectivity index (χ4n) is 6.07. The molecule has 31 heavy (non-hydrogen) atoms. The maximum atomic E-state index is 14.1. The summed E-state index contributed by atoms with van der Waals surface area (Å²) in [5.74, 6) is 0.909. The number of hydrogen-bond acceptors (Lipinski definition) is 6. The van der Waals surface area contributed by atoms with Crippen LogP contribution in [0.3, 0.4) is 0 Å². The van der Waals surface area contributed by atoms with Gasteiger partial charge < -0.3 is 0 Å². The van der Waals surface area contributed by atoms with E-state index in [1.807, 2.05) is 0 Å². The fraction of sp³-hybridized carbons (Fsp3) is 0.571. The Morgan fingerprint density at radius 1 is 1.13 bits per heavy atom. The van der Waals surface area contributed by atoms with E-state index >= 15 is 0 Å². The molecule has 0 aliphatic heterocycles. The zero-order chi connectivity index (χ0) is 22.0. The van der Waals surface area contributed by atoms with Gasteiger partial charge in [-0.1, -0.05) is 11.3 Å². The van der Waals surface area contributed by atoms with Crippen molar-refractivity contribution in [2.75, 3.05) is 19.4 Å². The third-order valence-corrected chi connectivity index (χ3v) is 10.0. The predicted molar refractivity (Wildman–Crippen MR) is 115 cm³/mol. The first-order valence-electron chi connectivity index (χ1n) is 10.5. The number of halogens is 1. The van der Waals surface area contributed by atoms with Crippen molar-refractivity contribution in [2.45, 2.75) is 48.8 Å².